The highest BCUT2D eigenvalue weighted by Crippen LogP contribution is 2.35. The van der Waals surface area contributed by atoms with Gasteiger partial charge < -0.3 is 10.4 Å². The SMILES string of the molecule is O=C1N[C@H](CO)C(=O)[C@]1(Cc1ccccc1)c1ccccc1. The van der Waals surface area contributed by atoms with E-state index in [0.29, 0.717) is 12.0 Å². The Hall–Kier alpha value is -2.46. The maximum Gasteiger partial charge on any atom is 0.239 e. The van der Waals surface area contributed by atoms with E-state index in [2.05, 4.69) is 5.32 Å². The molecule has 0 unspecified atom stereocenters. The molecule has 4 nitrogen and oxygen atoms in total. The highest BCUT2D eigenvalue weighted by Gasteiger charge is 2.55. The molecule has 0 radical (unpaired) electrons. The molecule has 2 atom stereocenters. The smallest absolute Gasteiger partial charge is 0.239 e. The number of nitrogens with one attached hydrogen (secondary N) is 1. The van der Waals surface area contributed by atoms with Gasteiger partial charge >= 0.3 is 0 Å². The van der Waals surface area contributed by atoms with Crippen molar-refractivity contribution in [3.63, 3.8) is 0 Å². The molecule has 1 amide bonds. The number of carbonyl (C=O) groups is 2. The Labute approximate surface area is 128 Å². The minimum atomic E-state index is -1.27. The lowest BCUT2D eigenvalue weighted by atomic mass is 9.72. The summed E-state index contributed by atoms with van der Waals surface area (Å²) in [6.07, 6.45) is 0.291. The number of benzene rings is 2. The van der Waals surface area contributed by atoms with Crippen molar-refractivity contribution in [1.82, 2.24) is 5.32 Å². The third kappa shape index (κ3) is 2.22. The van der Waals surface area contributed by atoms with Gasteiger partial charge in [0.05, 0.1) is 6.61 Å². The van der Waals surface area contributed by atoms with Gasteiger partial charge in [0.2, 0.25) is 5.91 Å². The molecule has 0 bridgehead atoms. The molecule has 1 heterocycles. The molecule has 0 aromatic heterocycles. The fourth-order valence-electron chi connectivity index (χ4n) is 3.05. The van der Waals surface area contributed by atoms with Crippen molar-refractivity contribution in [1.29, 1.82) is 0 Å². The van der Waals surface area contributed by atoms with Gasteiger partial charge in [-0.15, -0.1) is 0 Å². The number of hydrogen-bond donors (Lipinski definition) is 2. The van der Waals surface area contributed by atoms with E-state index in [9.17, 15) is 14.7 Å². The van der Waals surface area contributed by atoms with Crippen molar-refractivity contribution in [2.75, 3.05) is 6.61 Å². The maximum atomic E-state index is 12.8. The van der Waals surface area contributed by atoms with Crippen LogP contribution in [0.3, 0.4) is 0 Å². The summed E-state index contributed by atoms with van der Waals surface area (Å²) < 4.78 is 0. The average molecular weight is 295 g/mol. The molecule has 112 valence electrons. The van der Waals surface area contributed by atoms with E-state index in [4.69, 9.17) is 0 Å². The van der Waals surface area contributed by atoms with Crippen molar-refractivity contribution in [3.05, 3.63) is 71.8 Å². The van der Waals surface area contributed by atoms with Gasteiger partial charge in [0.15, 0.2) is 5.78 Å². The minimum absolute atomic E-state index is 0.268. The Balaban J connectivity index is 2.11. The molecule has 4 heteroatoms. The molecule has 3 rings (SSSR count). The van der Waals surface area contributed by atoms with E-state index in [0.717, 1.165) is 5.56 Å². The molecular formula is C18H17NO3. The van der Waals surface area contributed by atoms with E-state index in [-0.39, 0.29) is 18.3 Å². The molecule has 1 aliphatic heterocycles. The molecule has 0 spiro atoms. The van der Waals surface area contributed by atoms with Crippen LogP contribution in [0.1, 0.15) is 11.1 Å². The number of carbonyl (C=O) groups excluding carboxylic acids is 2. The molecule has 2 aromatic rings. The summed E-state index contributed by atoms with van der Waals surface area (Å²) in [5, 5.41) is 12.0. The topological polar surface area (TPSA) is 66.4 Å². The number of aliphatic hydroxyl groups is 1. The quantitative estimate of drug-likeness (QED) is 0.834. The summed E-state index contributed by atoms with van der Waals surface area (Å²) in [4.78, 5) is 25.5. The largest absolute Gasteiger partial charge is 0.394 e. The zero-order valence-electron chi connectivity index (χ0n) is 12.0. The van der Waals surface area contributed by atoms with Crippen molar-refractivity contribution in [3.8, 4) is 0 Å². The molecule has 0 aliphatic carbocycles. The monoisotopic (exact) mass is 295 g/mol. The van der Waals surface area contributed by atoms with Crippen LogP contribution in [0.2, 0.25) is 0 Å². The van der Waals surface area contributed by atoms with Crippen molar-refractivity contribution >= 4 is 11.7 Å². The highest BCUT2D eigenvalue weighted by atomic mass is 16.3. The van der Waals surface area contributed by atoms with Gasteiger partial charge in [-0.2, -0.15) is 0 Å². The Morgan fingerprint density at radius 3 is 2.09 bits per heavy atom. The second-order valence-corrected chi connectivity index (χ2v) is 5.51. The maximum absolute atomic E-state index is 12.8. The third-order valence-electron chi connectivity index (χ3n) is 4.19. The van der Waals surface area contributed by atoms with Crippen LogP contribution in [0.5, 0.6) is 0 Å². The van der Waals surface area contributed by atoms with Crippen LogP contribution in [-0.4, -0.2) is 29.4 Å². The predicted molar refractivity (Wildman–Crippen MR) is 82.3 cm³/mol. The van der Waals surface area contributed by atoms with Gasteiger partial charge in [0, 0.05) is 0 Å². The van der Waals surface area contributed by atoms with Crippen molar-refractivity contribution in [2.45, 2.75) is 17.9 Å². The molecular weight excluding hydrogens is 278 g/mol. The van der Waals surface area contributed by atoms with Crippen LogP contribution in [0, 0.1) is 0 Å². The van der Waals surface area contributed by atoms with Crippen LogP contribution < -0.4 is 5.32 Å². The summed E-state index contributed by atoms with van der Waals surface area (Å²) >= 11 is 0. The van der Waals surface area contributed by atoms with E-state index >= 15 is 0 Å². The molecule has 1 saturated heterocycles. The minimum Gasteiger partial charge on any atom is -0.394 e. The van der Waals surface area contributed by atoms with E-state index in [1.165, 1.54) is 0 Å². The molecule has 0 saturated carbocycles. The van der Waals surface area contributed by atoms with Crippen LogP contribution in [0.4, 0.5) is 0 Å². The standard InChI is InChI=1S/C18H17NO3/c20-12-15-16(21)18(17(22)19-15,14-9-5-2-6-10-14)11-13-7-3-1-4-8-13/h1-10,15,20H,11-12H2,(H,19,22)/t15-,18+/m1/s1. The lowest BCUT2D eigenvalue weighted by molar-refractivity contribution is -0.130. The van der Waals surface area contributed by atoms with Crippen LogP contribution >= 0.6 is 0 Å². The Bertz CT molecular complexity index is 684. The number of hydrogen-bond acceptors (Lipinski definition) is 3. The number of Topliss-reactive ketones (excluding diaryl/α,β-unsaturated/α-hetero) is 1. The van der Waals surface area contributed by atoms with E-state index in [1.54, 1.807) is 12.1 Å². The fourth-order valence-corrected chi connectivity index (χ4v) is 3.05. The Morgan fingerprint density at radius 2 is 1.55 bits per heavy atom. The van der Waals surface area contributed by atoms with Crippen LogP contribution in [0.25, 0.3) is 0 Å². The average Bonchev–Trinajstić information content (AvgIpc) is 2.81. The molecule has 22 heavy (non-hydrogen) atoms. The van der Waals surface area contributed by atoms with Gasteiger partial charge in [-0.25, -0.2) is 0 Å². The zero-order valence-corrected chi connectivity index (χ0v) is 12.0. The van der Waals surface area contributed by atoms with Gasteiger partial charge in [-0.1, -0.05) is 60.7 Å². The first kappa shape index (κ1) is 14.5. The third-order valence-corrected chi connectivity index (χ3v) is 4.19. The van der Waals surface area contributed by atoms with E-state index < -0.39 is 11.5 Å². The summed E-state index contributed by atoms with van der Waals surface area (Å²) in [7, 11) is 0. The number of rotatable bonds is 4. The molecule has 2 N–H and O–H groups in total. The summed E-state index contributed by atoms with van der Waals surface area (Å²) in [6, 6.07) is 17.7. The highest BCUT2D eigenvalue weighted by molar-refractivity contribution is 6.19. The Morgan fingerprint density at radius 1 is 0.955 bits per heavy atom. The van der Waals surface area contributed by atoms with Crippen molar-refractivity contribution in [2.24, 2.45) is 0 Å². The van der Waals surface area contributed by atoms with Gasteiger partial charge in [0.25, 0.3) is 0 Å². The van der Waals surface area contributed by atoms with Crippen LogP contribution in [-0.2, 0) is 21.4 Å². The molecule has 2 aromatic carbocycles. The second kappa shape index (κ2) is 5.73. The summed E-state index contributed by atoms with van der Waals surface area (Å²) in [6.45, 7) is -0.381. The van der Waals surface area contributed by atoms with Gasteiger partial charge in [-0.05, 0) is 17.5 Å². The van der Waals surface area contributed by atoms with Gasteiger partial charge in [0.1, 0.15) is 11.5 Å². The molecule has 1 fully saturated rings. The first-order valence-corrected chi connectivity index (χ1v) is 7.24. The van der Waals surface area contributed by atoms with Crippen LogP contribution in [0.15, 0.2) is 60.7 Å². The van der Waals surface area contributed by atoms with Crippen molar-refractivity contribution < 1.29 is 14.7 Å². The first-order chi connectivity index (χ1) is 10.7. The number of amides is 1. The lowest BCUT2D eigenvalue weighted by Crippen LogP contribution is -2.42. The van der Waals surface area contributed by atoms with Gasteiger partial charge in [-0.3, -0.25) is 9.59 Å². The normalized spacial score (nSPS) is 24.3. The number of aliphatic hydroxyl groups excluding tert-OH is 1. The van der Waals surface area contributed by atoms with E-state index in [1.807, 2.05) is 48.5 Å². The zero-order chi connectivity index (χ0) is 15.6. The predicted octanol–water partition coefficient (Wildman–Crippen LogP) is 1.23. The summed E-state index contributed by atoms with van der Waals surface area (Å²) in [5.41, 5.74) is 0.307. The lowest BCUT2D eigenvalue weighted by Gasteiger charge is -2.25. The number of ketones is 1. The first-order valence-electron chi connectivity index (χ1n) is 7.24. The second-order valence-electron chi connectivity index (χ2n) is 5.51. The fraction of sp³-hybridized carbons (Fsp3) is 0.222. The molecule has 1 aliphatic rings. The Kier molecular flexibility index (Phi) is 3.77. The summed E-state index contributed by atoms with van der Waals surface area (Å²) in [5.74, 6) is -0.610.